The summed E-state index contributed by atoms with van der Waals surface area (Å²) >= 11 is 0. The normalized spacial score (nSPS) is 20.7. The third-order valence-electron chi connectivity index (χ3n) is 3.70. The minimum atomic E-state index is -0.603. The van der Waals surface area contributed by atoms with Gasteiger partial charge in [-0.25, -0.2) is 9.18 Å². The van der Waals surface area contributed by atoms with Crippen LogP contribution in [0.3, 0.4) is 0 Å². The van der Waals surface area contributed by atoms with Crippen molar-refractivity contribution in [1.29, 1.82) is 0 Å². The molecule has 2 aliphatic carbocycles. The minimum Gasteiger partial charge on any atom is -0.490 e. The third kappa shape index (κ3) is 1.93. The van der Waals surface area contributed by atoms with Gasteiger partial charge in [-0.2, -0.15) is 4.99 Å². The number of rotatable bonds is 4. The first-order chi connectivity index (χ1) is 8.73. The van der Waals surface area contributed by atoms with Crippen molar-refractivity contribution in [3.05, 3.63) is 29.6 Å². The summed E-state index contributed by atoms with van der Waals surface area (Å²) in [6, 6.07) is 4.47. The van der Waals surface area contributed by atoms with E-state index in [-0.39, 0.29) is 11.9 Å². The third-order valence-corrected chi connectivity index (χ3v) is 3.70. The van der Waals surface area contributed by atoms with Crippen molar-refractivity contribution >= 4 is 6.08 Å². The molecule has 0 N–H and O–H groups in total. The molecule has 0 spiro atoms. The molecule has 2 aliphatic rings. The Morgan fingerprint density at radius 2 is 2.17 bits per heavy atom. The van der Waals surface area contributed by atoms with Gasteiger partial charge in [0, 0.05) is 5.56 Å². The standard InChI is InChI=1S/C14H14FNO2/c15-10-2-5-13(18-11-3-4-11)12(8-10)14(16-9-17)6-1-7-14/h2,5,8,11H,1,3-4,6-7H2. The van der Waals surface area contributed by atoms with E-state index in [9.17, 15) is 9.18 Å². The van der Waals surface area contributed by atoms with Crippen molar-refractivity contribution in [3.8, 4) is 5.75 Å². The number of hydrogen-bond acceptors (Lipinski definition) is 3. The van der Waals surface area contributed by atoms with Gasteiger partial charge in [-0.15, -0.1) is 0 Å². The fraction of sp³-hybridized carbons (Fsp3) is 0.500. The van der Waals surface area contributed by atoms with Gasteiger partial charge in [0.15, 0.2) is 0 Å². The molecule has 0 heterocycles. The van der Waals surface area contributed by atoms with E-state index in [0.717, 1.165) is 32.1 Å². The van der Waals surface area contributed by atoms with Crippen molar-refractivity contribution in [2.45, 2.75) is 43.7 Å². The molecule has 2 fully saturated rings. The number of carbonyl (C=O) groups excluding carboxylic acids is 1. The summed E-state index contributed by atoms with van der Waals surface area (Å²) in [5.74, 6) is 0.345. The van der Waals surface area contributed by atoms with Gasteiger partial charge in [0.2, 0.25) is 6.08 Å². The molecule has 94 valence electrons. The number of nitrogens with zero attached hydrogens (tertiary/aromatic N) is 1. The van der Waals surface area contributed by atoms with Gasteiger partial charge in [0.1, 0.15) is 17.1 Å². The molecule has 18 heavy (non-hydrogen) atoms. The van der Waals surface area contributed by atoms with Crippen molar-refractivity contribution in [1.82, 2.24) is 0 Å². The predicted molar refractivity (Wildman–Crippen MR) is 63.7 cm³/mol. The van der Waals surface area contributed by atoms with Gasteiger partial charge >= 0.3 is 0 Å². The van der Waals surface area contributed by atoms with E-state index in [2.05, 4.69) is 4.99 Å². The summed E-state index contributed by atoms with van der Waals surface area (Å²) in [5, 5.41) is 0. The van der Waals surface area contributed by atoms with Crippen LogP contribution in [-0.2, 0) is 10.3 Å². The van der Waals surface area contributed by atoms with Crippen LogP contribution in [0.25, 0.3) is 0 Å². The molecule has 0 bridgehead atoms. The lowest BCUT2D eigenvalue weighted by Gasteiger charge is -2.38. The number of benzene rings is 1. The largest absolute Gasteiger partial charge is 0.490 e. The van der Waals surface area contributed by atoms with E-state index in [0.29, 0.717) is 11.3 Å². The van der Waals surface area contributed by atoms with Gasteiger partial charge < -0.3 is 4.74 Å². The smallest absolute Gasteiger partial charge is 0.235 e. The Labute approximate surface area is 105 Å². The SMILES string of the molecule is O=C=NC1(c2cc(F)ccc2OC2CC2)CCC1. The number of ether oxygens (including phenoxy) is 1. The summed E-state index contributed by atoms with van der Waals surface area (Å²) in [4.78, 5) is 14.5. The summed E-state index contributed by atoms with van der Waals surface area (Å²) in [6.07, 6.45) is 6.45. The highest BCUT2D eigenvalue weighted by molar-refractivity contribution is 5.45. The summed E-state index contributed by atoms with van der Waals surface area (Å²) in [7, 11) is 0. The monoisotopic (exact) mass is 247 g/mol. The molecule has 0 saturated heterocycles. The van der Waals surface area contributed by atoms with E-state index >= 15 is 0 Å². The lowest BCUT2D eigenvalue weighted by molar-refractivity contribution is 0.232. The first-order valence-corrected chi connectivity index (χ1v) is 6.29. The molecule has 0 radical (unpaired) electrons. The quantitative estimate of drug-likeness (QED) is 0.605. The molecule has 3 rings (SSSR count). The summed E-state index contributed by atoms with van der Waals surface area (Å²) in [6.45, 7) is 0. The molecular weight excluding hydrogens is 233 g/mol. The second-order valence-electron chi connectivity index (χ2n) is 5.05. The Bertz CT molecular complexity index is 515. The molecule has 0 aliphatic heterocycles. The molecule has 2 saturated carbocycles. The highest BCUT2D eigenvalue weighted by Crippen LogP contribution is 2.48. The van der Waals surface area contributed by atoms with Crippen molar-refractivity contribution in [2.75, 3.05) is 0 Å². The van der Waals surface area contributed by atoms with Crippen LogP contribution >= 0.6 is 0 Å². The molecule has 0 unspecified atom stereocenters. The van der Waals surface area contributed by atoms with Gasteiger partial charge in [-0.05, 0) is 50.3 Å². The van der Waals surface area contributed by atoms with Crippen LogP contribution in [0.4, 0.5) is 4.39 Å². The topological polar surface area (TPSA) is 38.7 Å². The highest BCUT2D eigenvalue weighted by Gasteiger charge is 2.42. The van der Waals surface area contributed by atoms with Gasteiger partial charge in [-0.1, -0.05) is 0 Å². The number of aliphatic imine (C=N–C) groups is 1. The van der Waals surface area contributed by atoms with Crippen molar-refractivity contribution < 1.29 is 13.9 Å². The second kappa shape index (κ2) is 4.21. The Kier molecular flexibility index (Phi) is 2.67. The van der Waals surface area contributed by atoms with Crippen LogP contribution in [0.2, 0.25) is 0 Å². The van der Waals surface area contributed by atoms with Crippen LogP contribution in [0.5, 0.6) is 5.75 Å². The van der Waals surface area contributed by atoms with Crippen LogP contribution < -0.4 is 4.74 Å². The zero-order chi connectivity index (χ0) is 12.6. The summed E-state index contributed by atoms with van der Waals surface area (Å²) in [5.41, 5.74) is 0.0950. The molecule has 4 heteroatoms. The lowest BCUT2D eigenvalue weighted by atomic mass is 9.72. The van der Waals surface area contributed by atoms with Crippen LogP contribution in [0.1, 0.15) is 37.7 Å². The average Bonchev–Trinajstić information content (AvgIpc) is 3.10. The Balaban J connectivity index is 2.01. The van der Waals surface area contributed by atoms with E-state index < -0.39 is 5.54 Å². The summed E-state index contributed by atoms with van der Waals surface area (Å²) < 4.78 is 19.2. The fourth-order valence-corrected chi connectivity index (χ4v) is 2.37. The van der Waals surface area contributed by atoms with Crippen LogP contribution in [0.15, 0.2) is 23.2 Å². The second-order valence-corrected chi connectivity index (χ2v) is 5.05. The van der Waals surface area contributed by atoms with Crippen molar-refractivity contribution in [2.24, 2.45) is 4.99 Å². The van der Waals surface area contributed by atoms with Gasteiger partial charge in [0.25, 0.3) is 0 Å². The van der Waals surface area contributed by atoms with E-state index in [4.69, 9.17) is 4.74 Å². The average molecular weight is 247 g/mol. The van der Waals surface area contributed by atoms with Gasteiger partial charge in [-0.3, -0.25) is 0 Å². The maximum absolute atomic E-state index is 13.4. The Hall–Kier alpha value is -1.67. The zero-order valence-corrected chi connectivity index (χ0v) is 9.99. The fourth-order valence-electron chi connectivity index (χ4n) is 2.37. The lowest BCUT2D eigenvalue weighted by Crippen LogP contribution is -2.32. The molecule has 1 aromatic carbocycles. The first-order valence-electron chi connectivity index (χ1n) is 6.29. The van der Waals surface area contributed by atoms with Crippen molar-refractivity contribution in [3.63, 3.8) is 0 Å². The first kappa shape index (κ1) is 11.4. The van der Waals surface area contributed by atoms with Gasteiger partial charge in [0.05, 0.1) is 6.10 Å². The van der Waals surface area contributed by atoms with E-state index in [1.54, 1.807) is 12.1 Å². The molecule has 0 atom stereocenters. The molecule has 1 aromatic rings. The highest BCUT2D eigenvalue weighted by atomic mass is 19.1. The van der Waals surface area contributed by atoms with Crippen LogP contribution in [-0.4, -0.2) is 12.2 Å². The zero-order valence-electron chi connectivity index (χ0n) is 9.99. The maximum atomic E-state index is 13.4. The van der Waals surface area contributed by atoms with E-state index in [1.165, 1.54) is 12.1 Å². The number of halogens is 1. The Morgan fingerprint density at radius 1 is 1.39 bits per heavy atom. The molecular formula is C14H14FNO2. The minimum absolute atomic E-state index is 0.242. The maximum Gasteiger partial charge on any atom is 0.235 e. The number of hydrogen-bond donors (Lipinski definition) is 0. The molecule has 0 aromatic heterocycles. The number of isocyanates is 1. The molecule has 3 nitrogen and oxygen atoms in total. The Morgan fingerprint density at radius 3 is 2.72 bits per heavy atom. The van der Waals surface area contributed by atoms with Crippen LogP contribution in [0, 0.1) is 5.82 Å². The van der Waals surface area contributed by atoms with E-state index in [1.807, 2.05) is 0 Å². The predicted octanol–water partition coefficient (Wildman–Crippen LogP) is 3.08. The molecule has 0 amide bonds.